The Kier molecular flexibility index (Phi) is 6.87. The summed E-state index contributed by atoms with van der Waals surface area (Å²) >= 11 is 0. The van der Waals surface area contributed by atoms with Crippen molar-refractivity contribution < 1.29 is 26.4 Å². The molecule has 2 aliphatic rings. The van der Waals surface area contributed by atoms with Crippen LogP contribution in [0.15, 0.2) is 12.1 Å². The van der Waals surface area contributed by atoms with Gasteiger partial charge in [-0.25, -0.2) is 31.3 Å². The Balaban J connectivity index is 1.48. The highest BCUT2D eigenvalue weighted by Crippen LogP contribution is 2.28. The van der Waals surface area contributed by atoms with E-state index in [0.29, 0.717) is 36.1 Å². The van der Waals surface area contributed by atoms with E-state index >= 15 is 0 Å². The fourth-order valence-electron chi connectivity index (χ4n) is 3.98. The highest BCUT2D eigenvalue weighted by atomic mass is 32.2. The summed E-state index contributed by atoms with van der Waals surface area (Å²) < 4.78 is 67.9. The van der Waals surface area contributed by atoms with Crippen LogP contribution in [0.5, 0.6) is 0 Å². The minimum atomic E-state index is -3.47. The van der Waals surface area contributed by atoms with E-state index in [-0.39, 0.29) is 37.9 Å². The first-order chi connectivity index (χ1) is 16.0. The van der Waals surface area contributed by atoms with Crippen molar-refractivity contribution in [3.63, 3.8) is 0 Å². The van der Waals surface area contributed by atoms with E-state index in [1.807, 2.05) is 0 Å². The number of aromatic nitrogens is 3. The monoisotopic (exact) mass is 498 g/mol. The first kappa shape index (κ1) is 24.5. The smallest absolute Gasteiger partial charge is 0.224 e. The van der Waals surface area contributed by atoms with E-state index in [1.54, 1.807) is 6.92 Å². The predicted octanol–water partition coefficient (Wildman–Crippen LogP) is 0.893. The normalized spacial score (nSPS) is 19.1. The molecule has 0 unspecified atom stereocenters. The molecular formula is C21H25F3N6O3S. The van der Waals surface area contributed by atoms with Crippen LogP contribution in [-0.2, 0) is 34.2 Å². The fraction of sp³-hybridized carbons (Fsp3) is 0.524. The maximum Gasteiger partial charge on any atom is 0.224 e. The molecule has 1 saturated carbocycles. The minimum absolute atomic E-state index is 0.000103. The summed E-state index contributed by atoms with van der Waals surface area (Å²) in [7, 11) is -3.47. The van der Waals surface area contributed by atoms with Crippen molar-refractivity contribution in [2.45, 2.75) is 62.9 Å². The number of fused-ring (bicyclic) bond motifs is 1. The topological polar surface area (TPSA) is 131 Å². The second-order valence-electron chi connectivity index (χ2n) is 8.75. The summed E-state index contributed by atoms with van der Waals surface area (Å²) in [6.07, 6.45) is 1.09. The molecule has 1 aromatic heterocycles. The largest absolute Gasteiger partial charge is 0.332 e. The summed E-state index contributed by atoms with van der Waals surface area (Å²) in [5, 5.41) is 7.63. The zero-order chi connectivity index (χ0) is 24.6. The summed E-state index contributed by atoms with van der Waals surface area (Å²) in [4.78, 5) is 19.0. The molecule has 2 heterocycles. The molecule has 4 rings (SSSR count). The number of hydrogen-bond acceptors (Lipinski definition) is 7. The van der Waals surface area contributed by atoms with Gasteiger partial charge in [-0.2, -0.15) is 0 Å². The number of nitrogens with zero attached hydrogens (tertiary/aromatic N) is 4. The van der Waals surface area contributed by atoms with Gasteiger partial charge in [-0.05, 0) is 37.8 Å². The molecule has 1 aliphatic heterocycles. The lowest BCUT2D eigenvalue weighted by molar-refractivity contribution is -0.135. The zero-order valence-electron chi connectivity index (χ0n) is 18.5. The highest BCUT2D eigenvalue weighted by molar-refractivity contribution is 7.90. The van der Waals surface area contributed by atoms with Gasteiger partial charge in [0, 0.05) is 31.5 Å². The van der Waals surface area contributed by atoms with E-state index in [4.69, 9.17) is 5.73 Å². The van der Waals surface area contributed by atoms with Crippen LogP contribution in [0.3, 0.4) is 0 Å². The summed E-state index contributed by atoms with van der Waals surface area (Å²) in [6.45, 7) is 1.75. The Morgan fingerprint density at radius 1 is 1.18 bits per heavy atom. The van der Waals surface area contributed by atoms with Crippen LogP contribution < -0.4 is 10.5 Å². The summed E-state index contributed by atoms with van der Waals surface area (Å²) in [5.74, 6) is -3.39. The lowest BCUT2D eigenvalue weighted by atomic mass is 9.99. The quantitative estimate of drug-likeness (QED) is 0.517. The third-order valence-electron chi connectivity index (χ3n) is 5.95. The molecule has 1 amide bonds. The first-order valence-corrected chi connectivity index (χ1v) is 12.4. The number of sulfonamides is 1. The molecule has 13 heteroatoms. The van der Waals surface area contributed by atoms with Gasteiger partial charge in [-0.3, -0.25) is 4.79 Å². The standard InChI is InChI=1S/C21H25F3N6O3S/c1-11-27-19-7-14(9-26-34(32,33)15-2-3-15)30(10-20(19)29-28-11)21(31)6-13(25)4-12-5-17(23)18(24)8-16(12)22/h5,8,13-15,26H,2-4,6-7,9-10,25H2,1H3/t13-,14+/m1/s1. The number of benzene rings is 1. The van der Waals surface area contributed by atoms with Crippen molar-refractivity contribution in [1.29, 1.82) is 0 Å². The number of hydrogen-bond donors (Lipinski definition) is 2. The molecule has 1 fully saturated rings. The van der Waals surface area contributed by atoms with Crippen LogP contribution in [-0.4, -0.2) is 58.3 Å². The molecule has 34 heavy (non-hydrogen) atoms. The van der Waals surface area contributed by atoms with E-state index in [1.165, 1.54) is 4.90 Å². The van der Waals surface area contributed by atoms with Crippen LogP contribution >= 0.6 is 0 Å². The number of amides is 1. The third-order valence-corrected chi connectivity index (χ3v) is 7.87. The van der Waals surface area contributed by atoms with Crippen molar-refractivity contribution in [3.05, 3.63) is 52.4 Å². The molecule has 1 aromatic carbocycles. The Bertz CT molecular complexity index is 1210. The molecule has 0 radical (unpaired) electrons. The summed E-state index contributed by atoms with van der Waals surface area (Å²) in [5.41, 5.74) is 7.04. The van der Waals surface area contributed by atoms with Gasteiger partial charge in [-0.1, -0.05) is 0 Å². The molecule has 0 bridgehead atoms. The Morgan fingerprint density at radius 2 is 1.88 bits per heavy atom. The first-order valence-electron chi connectivity index (χ1n) is 10.9. The Hall–Kier alpha value is -2.64. The summed E-state index contributed by atoms with van der Waals surface area (Å²) in [6, 6.07) is -0.238. The van der Waals surface area contributed by atoms with E-state index in [9.17, 15) is 26.4 Å². The van der Waals surface area contributed by atoms with Crippen molar-refractivity contribution >= 4 is 15.9 Å². The molecule has 184 valence electrons. The molecule has 0 saturated heterocycles. The lowest BCUT2D eigenvalue weighted by Crippen LogP contribution is -2.52. The van der Waals surface area contributed by atoms with Gasteiger partial charge in [0.15, 0.2) is 11.6 Å². The minimum Gasteiger partial charge on any atom is -0.332 e. The van der Waals surface area contributed by atoms with Crippen LogP contribution in [0.1, 0.15) is 42.0 Å². The van der Waals surface area contributed by atoms with E-state index in [2.05, 4.69) is 19.9 Å². The second-order valence-corrected chi connectivity index (χ2v) is 10.8. The van der Waals surface area contributed by atoms with Gasteiger partial charge in [-0.15, -0.1) is 10.2 Å². The maximum atomic E-state index is 14.0. The zero-order valence-corrected chi connectivity index (χ0v) is 19.3. The highest BCUT2D eigenvalue weighted by Gasteiger charge is 2.38. The molecule has 2 atom stereocenters. The van der Waals surface area contributed by atoms with Crippen LogP contribution in [0.4, 0.5) is 13.2 Å². The predicted molar refractivity (Wildman–Crippen MR) is 115 cm³/mol. The molecule has 3 N–H and O–H groups in total. The number of carbonyl (C=O) groups is 1. The van der Waals surface area contributed by atoms with E-state index in [0.717, 1.165) is 6.07 Å². The Morgan fingerprint density at radius 3 is 2.59 bits per heavy atom. The number of rotatable bonds is 8. The Labute approximate surface area is 195 Å². The van der Waals surface area contributed by atoms with Crippen molar-refractivity contribution in [2.24, 2.45) is 5.73 Å². The van der Waals surface area contributed by atoms with Gasteiger partial charge in [0.05, 0.1) is 23.5 Å². The number of halogens is 3. The molecule has 9 nitrogen and oxygen atoms in total. The number of aryl methyl sites for hydroxylation is 1. The average molecular weight is 499 g/mol. The SMILES string of the molecule is Cc1nnc2c(n1)C[C@@H](CNS(=O)(=O)C1CC1)N(C(=O)C[C@H](N)Cc1cc(F)c(F)cc1F)C2. The number of nitrogens with two attached hydrogens (primary N) is 1. The van der Waals surface area contributed by atoms with Gasteiger partial charge in [0.2, 0.25) is 15.9 Å². The average Bonchev–Trinajstić information content (AvgIpc) is 3.61. The number of carbonyl (C=O) groups excluding carboxylic acids is 1. The van der Waals surface area contributed by atoms with Crippen LogP contribution in [0.25, 0.3) is 0 Å². The molecule has 2 aromatic rings. The van der Waals surface area contributed by atoms with Crippen molar-refractivity contribution in [1.82, 2.24) is 24.8 Å². The van der Waals surface area contributed by atoms with Crippen molar-refractivity contribution in [3.8, 4) is 0 Å². The lowest BCUT2D eigenvalue weighted by Gasteiger charge is -2.36. The van der Waals surface area contributed by atoms with Gasteiger partial charge < -0.3 is 10.6 Å². The third kappa shape index (κ3) is 5.53. The maximum absolute atomic E-state index is 14.0. The van der Waals surface area contributed by atoms with E-state index < -0.39 is 50.7 Å². The van der Waals surface area contributed by atoms with Gasteiger partial charge in [0.25, 0.3) is 0 Å². The van der Waals surface area contributed by atoms with Crippen molar-refractivity contribution in [2.75, 3.05) is 6.54 Å². The molecule has 0 spiro atoms. The molecular weight excluding hydrogens is 473 g/mol. The van der Waals surface area contributed by atoms with Crippen LogP contribution in [0, 0.1) is 24.4 Å². The molecule has 1 aliphatic carbocycles. The van der Waals surface area contributed by atoms with Gasteiger partial charge >= 0.3 is 0 Å². The number of nitrogens with one attached hydrogen (secondary N) is 1. The van der Waals surface area contributed by atoms with Gasteiger partial charge in [0.1, 0.15) is 17.3 Å². The van der Waals surface area contributed by atoms with Crippen LogP contribution in [0.2, 0.25) is 0 Å². The second kappa shape index (κ2) is 9.55. The fourth-order valence-corrected chi connectivity index (χ4v) is 5.40.